The van der Waals surface area contributed by atoms with Crippen molar-refractivity contribution >= 4 is 23.3 Å². The van der Waals surface area contributed by atoms with Crippen molar-refractivity contribution in [1.29, 1.82) is 0 Å². The molecule has 1 saturated carbocycles. The van der Waals surface area contributed by atoms with E-state index >= 15 is 0 Å². The average molecular weight is 366 g/mol. The zero-order valence-electron chi connectivity index (χ0n) is 13.6. The molecule has 0 N–H and O–H groups in total. The Morgan fingerprint density at radius 3 is 2.52 bits per heavy atom. The molecule has 1 fully saturated rings. The van der Waals surface area contributed by atoms with Gasteiger partial charge in [-0.25, -0.2) is 4.98 Å². The van der Waals surface area contributed by atoms with Crippen LogP contribution in [0.25, 0.3) is 6.08 Å². The van der Waals surface area contributed by atoms with Crippen LogP contribution in [0.5, 0.6) is 0 Å². The first kappa shape index (κ1) is 17.7. The normalized spacial score (nSPS) is 14.9. The number of carbonyl (C=O) groups is 1. The predicted octanol–water partition coefficient (Wildman–Crippen LogP) is 4.67. The summed E-state index contributed by atoms with van der Waals surface area (Å²) in [5.74, 6) is -0.145. The number of alkyl halides is 3. The van der Waals surface area contributed by atoms with Gasteiger partial charge in [-0.3, -0.25) is 4.79 Å². The Morgan fingerprint density at radius 2 is 2.00 bits per heavy atom. The second-order valence-electron chi connectivity index (χ2n) is 6.02. The summed E-state index contributed by atoms with van der Waals surface area (Å²) in [6.45, 7) is 2.20. The number of aromatic nitrogens is 1. The Morgan fingerprint density at radius 1 is 1.32 bits per heavy atom. The van der Waals surface area contributed by atoms with Crippen LogP contribution >= 0.6 is 11.3 Å². The maximum atomic E-state index is 12.6. The quantitative estimate of drug-likeness (QED) is 0.720. The van der Waals surface area contributed by atoms with Gasteiger partial charge in [0, 0.05) is 24.0 Å². The number of aryl methyl sites for hydroxylation is 1. The average Bonchev–Trinajstić information content (AvgIpc) is 3.31. The van der Waals surface area contributed by atoms with Crippen LogP contribution in [-0.4, -0.2) is 21.8 Å². The first-order valence-corrected chi connectivity index (χ1v) is 8.78. The van der Waals surface area contributed by atoms with E-state index in [0.717, 1.165) is 35.7 Å². The summed E-state index contributed by atoms with van der Waals surface area (Å²) in [5, 5.41) is 2.80. The van der Waals surface area contributed by atoms with Gasteiger partial charge in [0.2, 0.25) is 5.91 Å². The zero-order chi connectivity index (χ0) is 18.0. The molecule has 1 aliphatic rings. The first-order chi connectivity index (χ1) is 11.8. The molecule has 1 aromatic carbocycles. The molecular formula is C18H17F3N2OS. The minimum atomic E-state index is -4.35. The van der Waals surface area contributed by atoms with Gasteiger partial charge < -0.3 is 4.90 Å². The molecule has 0 bridgehead atoms. The lowest BCUT2D eigenvalue weighted by molar-refractivity contribution is -0.137. The summed E-state index contributed by atoms with van der Waals surface area (Å²) >= 11 is 1.51. The monoisotopic (exact) mass is 366 g/mol. The Balaban J connectivity index is 1.69. The topological polar surface area (TPSA) is 33.2 Å². The fourth-order valence-corrected chi connectivity index (χ4v) is 3.06. The van der Waals surface area contributed by atoms with Gasteiger partial charge in [-0.15, -0.1) is 11.3 Å². The third-order valence-electron chi connectivity index (χ3n) is 3.94. The summed E-state index contributed by atoms with van der Waals surface area (Å²) in [7, 11) is 0. The second kappa shape index (κ2) is 7.00. The van der Waals surface area contributed by atoms with Crippen LogP contribution in [-0.2, 0) is 17.5 Å². The van der Waals surface area contributed by atoms with Crippen molar-refractivity contribution in [2.24, 2.45) is 0 Å². The Bertz CT molecular complexity index is 776. The third kappa shape index (κ3) is 4.69. The number of benzene rings is 1. The molecule has 0 radical (unpaired) electrons. The third-order valence-corrected chi connectivity index (χ3v) is 4.73. The van der Waals surface area contributed by atoms with E-state index in [1.807, 2.05) is 12.3 Å². The van der Waals surface area contributed by atoms with Crippen molar-refractivity contribution < 1.29 is 18.0 Å². The lowest BCUT2D eigenvalue weighted by Crippen LogP contribution is -2.31. The SMILES string of the molecule is Cc1nc(/C=C/C(=O)N(Cc2ccc(C(F)(F)F)cc2)C2CC2)cs1. The van der Waals surface area contributed by atoms with E-state index in [0.29, 0.717) is 12.1 Å². The fourth-order valence-electron chi connectivity index (χ4n) is 2.48. The number of amides is 1. The molecule has 132 valence electrons. The van der Waals surface area contributed by atoms with Crippen molar-refractivity contribution in [3.05, 3.63) is 57.6 Å². The van der Waals surface area contributed by atoms with Crippen molar-refractivity contribution in [3.63, 3.8) is 0 Å². The Hall–Kier alpha value is -2.15. The molecule has 1 amide bonds. The lowest BCUT2D eigenvalue weighted by Gasteiger charge is -2.21. The molecule has 0 atom stereocenters. The van der Waals surface area contributed by atoms with Crippen LogP contribution in [0.1, 0.15) is 34.7 Å². The van der Waals surface area contributed by atoms with Crippen LogP contribution in [0.2, 0.25) is 0 Å². The van der Waals surface area contributed by atoms with Crippen molar-refractivity contribution in [3.8, 4) is 0 Å². The van der Waals surface area contributed by atoms with E-state index in [-0.39, 0.29) is 11.9 Å². The van der Waals surface area contributed by atoms with E-state index in [2.05, 4.69) is 4.98 Å². The van der Waals surface area contributed by atoms with E-state index < -0.39 is 11.7 Å². The summed E-state index contributed by atoms with van der Waals surface area (Å²) in [5.41, 5.74) is 0.742. The number of rotatable bonds is 5. The summed E-state index contributed by atoms with van der Waals surface area (Å²) in [4.78, 5) is 18.5. The highest BCUT2D eigenvalue weighted by Gasteiger charge is 2.32. The van der Waals surface area contributed by atoms with E-state index in [1.54, 1.807) is 11.0 Å². The highest BCUT2D eigenvalue weighted by Crippen LogP contribution is 2.31. The summed E-state index contributed by atoms with van der Waals surface area (Å²) in [6, 6.07) is 5.13. The van der Waals surface area contributed by atoms with Gasteiger partial charge >= 0.3 is 6.18 Å². The van der Waals surface area contributed by atoms with E-state index in [4.69, 9.17) is 0 Å². The molecule has 0 aliphatic heterocycles. The molecule has 1 aliphatic carbocycles. The number of hydrogen-bond donors (Lipinski definition) is 0. The molecule has 3 nitrogen and oxygen atoms in total. The minimum Gasteiger partial charge on any atom is -0.332 e. The molecule has 2 aromatic rings. The number of nitrogens with zero attached hydrogens (tertiary/aromatic N) is 2. The van der Waals surface area contributed by atoms with Gasteiger partial charge in [0.1, 0.15) is 0 Å². The zero-order valence-corrected chi connectivity index (χ0v) is 14.4. The maximum Gasteiger partial charge on any atom is 0.416 e. The van der Waals surface area contributed by atoms with E-state index in [1.165, 1.54) is 29.5 Å². The second-order valence-corrected chi connectivity index (χ2v) is 7.08. The van der Waals surface area contributed by atoms with Crippen molar-refractivity contribution in [2.45, 2.75) is 38.5 Å². The smallest absolute Gasteiger partial charge is 0.332 e. The van der Waals surface area contributed by atoms with Crippen LogP contribution in [0.4, 0.5) is 13.2 Å². The highest BCUT2D eigenvalue weighted by molar-refractivity contribution is 7.09. The van der Waals surface area contributed by atoms with Crippen LogP contribution < -0.4 is 0 Å². The number of halogens is 3. The molecule has 0 saturated heterocycles. The molecule has 0 unspecified atom stereocenters. The number of carbonyl (C=O) groups excluding carboxylic acids is 1. The van der Waals surface area contributed by atoms with Crippen molar-refractivity contribution in [1.82, 2.24) is 9.88 Å². The van der Waals surface area contributed by atoms with Gasteiger partial charge in [-0.05, 0) is 43.5 Å². The standard InChI is InChI=1S/C18H17F3N2OS/c1-12-22-15(11-25-12)6-9-17(24)23(16-7-8-16)10-13-2-4-14(5-3-13)18(19,20)21/h2-6,9,11,16H,7-8,10H2,1H3/b9-6+. The van der Waals surface area contributed by atoms with Gasteiger partial charge in [-0.2, -0.15) is 13.2 Å². The summed E-state index contributed by atoms with van der Waals surface area (Å²) in [6.07, 6.45) is 0.663. The van der Waals surface area contributed by atoms with Crippen LogP contribution in [0, 0.1) is 6.92 Å². The van der Waals surface area contributed by atoms with Crippen LogP contribution in [0.15, 0.2) is 35.7 Å². The van der Waals surface area contributed by atoms with Gasteiger partial charge in [-0.1, -0.05) is 12.1 Å². The summed E-state index contributed by atoms with van der Waals surface area (Å²) < 4.78 is 37.9. The highest BCUT2D eigenvalue weighted by atomic mass is 32.1. The van der Waals surface area contributed by atoms with Gasteiger partial charge in [0.15, 0.2) is 0 Å². The molecular weight excluding hydrogens is 349 g/mol. The number of thiazole rings is 1. The first-order valence-electron chi connectivity index (χ1n) is 7.90. The minimum absolute atomic E-state index is 0.145. The Kier molecular flexibility index (Phi) is 4.94. The maximum absolute atomic E-state index is 12.6. The van der Waals surface area contributed by atoms with Crippen LogP contribution in [0.3, 0.4) is 0 Å². The largest absolute Gasteiger partial charge is 0.416 e. The molecule has 3 rings (SSSR count). The predicted molar refractivity (Wildman–Crippen MR) is 90.9 cm³/mol. The van der Waals surface area contributed by atoms with E-state index in [9.17, 15) is 18.0 Å². The van der Waals surface area contributed by atoms with Gasteiger partial charge in [0.05, 0.1) is 16.3 Å². The van der Waals surface area contributed by atoms with Gasteiger partial charge in [0.25, 0.3) is 0 Å². The fraction of sp³-hybridized carbons (Fsp3) is 0.333. The molecule has 0 spiro atoms. The number of hydrogen-bond acceptors (Lipinski definition) is 3. The molecule has 25 heavy (non-hydrogen) atoms. The van der Waals surface area contributed by atoms with Crippen molar-refractivity contribution in [2.75, 3.05) is 0 Å². The molecule has 1 aromatic heterocycles. The molecule has 7 heteroatoms. The molecule has 1 heterocycles. The lowest BCUT2D eigenvalue weighted by atomic mass is 10.1. The Labute approximate surface area is 147 Å².